The SMILES string of the molecule is O=S(=O)(CCOCCc1nc(-c2cc3c(Nc4ccc(OCc5cccc(F)c5)c(Br)c4)ncnc3cn2)cs1)c1ccccn1. The van der Waals surface area contributed by atoms with Crippen molar-refractivity contribution in [3.63, 3.8) is 0 Å². The molecule has 0 amide bonds. The largest absolute Gasteiger partial charge is 0.488 e. The van der Waals surface area contributed by atoms with Gasteiger partial charge in [-0.3, -0.25) is 4.98 Å². The van der Waals surface area contributed by atoms with E-state index < -0.39 is 9.84 Å². The van der Waals surface area contributed by atoms with Gasteiger partial charge in [-0.25, -0.2) is 32.7 Å². The first kappa shape index (κ1) is 31.6. The fourth-order valence-electron chi connectivity index (χ4n) is 4.43. The highest BCUT2D eigenvalue weighted by Crippen LogP contribution is 2.32. The number of fused-ring (bicyclic) bond motifs is 1. The molecule has 0 atom stereocenters. The number of nitrogens with one attached hydrogen (secondary N) is 1. The molecule has 0 saturated carbocycles. The highest BCUT2D eigenvalue weighted by atomic mass is 79.9. The third-order valence-corrected chi connectivity index (χ3v) is 9.84. The molecule has 0 radical (unpaired) electrons. The quantitative estimate of drug-likeness (QED) is 0.127. The second-order valence-corrected chi connectivity index (χ2v) is 13.8. The number of rotatable bonds is 13. The van der Waals surface area contributed by atoms with E-state index in [9.17, 15) is 12.8 Å². The van der Waals surface area contributed by atoms with Crippen molar-refractivity contribution in [2.45, 2.75) is 18.1 Å². The van der Waals surface area contributed by atoms with Crippen LogP contribution in [0.25, 0.3) is 22.3 Å². The molecule has 6 rings (SSSR count). The lowest BCUT2D eigenvalue weighted by Gasteiger charge is -2.12. The topological polar surface area (TPSA) is 129 Å². The highest BCUT2D eigenvalue weighted by Gasteiger charge is 2.16. The van der Waals surface area contributed by atoms with Crippen molar-refractivity contribution in [2.75, 3.05) is 24.3 Å². The molecule has 6 aromatic rings. The standard InChI is InChI=1S/C32H26BrFN6O4S2/c33-25-15-23(7-8-29(25)44-18-21-4-3-5-22(34)14-21)39-32-24-16-26(36-17-27(24)37-20-38-32)28-19-45-30(40-28)9-11-43-12-13-46(41,42)31-6-1-2-10-35-31/h1-8,10,14-17,19-20H,9,11-13,18H2,(H,37,38,39). The van der Waals surface area contributed by atoms with Gasteiger partial charge < -0.3 is 14.8 Å². The first-order chi connectivity index (χ1) is 22.3. The lowest BCUT2D eigenvalue weighted by molar-refractivity contribution is 0.152. The summed E-state index contributed by atoms with van der Waals surface area (Å²) in [7, 11) is -3.49. The number of hydrogen-bond acceptors (Lipinski definition) is 11. The van der Waals surface area contributed by atoms with E-state index in [2.05, 4.69) is 41.2 Å². The normalized spacial score (nSPS) is 11.5. The van der Waals surface area contributed by atoms with Crippen molar-refractivity contribution in [3.8, 4) is 17.1 Å². The van der Waals surface area contributed by atoms with Crippen LogP contribution in [0.1, 0.15) is 10.6 Å². The molecule has 14 heteroatoms. The van der Waals surface area contributed by atoms with Gasteiger partial charge in [-0.15, -0.1) is 11.3 Å². The lowest BCUT2D eigenvalue weighted by atomic mass is 10.2. The van der Waals surface area contributed by atoms with E-state index in [4.69, 9.17) is 14.5 Å². The molecule has 10 nitrogen and oxygen atoms in total. The molecule has 234 valence electrons. The number of benzene rings is 2. The van der Waals surface area contributed by atoms with Crippen molar-refractivity contribution in [2.24, 2.45) is 0 Å². The summed E-state index contributed by atoms with van der Waals surface area (Å²) in [6.07, 6.45) is 5.14. The third kappa shape index (κ3) is 7.88. The number of aromatic nitrogens is 5. The fraction of sp³-hybridized carbons (Fsp3) is 0.156. The molecule has 1 N–H and O–H groups in total. The summed E-state index contributed by atoms with van der Waals surface area (Å²) in [5.74, 6) is 0.768. The van der Waals surface area contributed by atoms with E-state index in [-0.39, 0.29) is 29.8 Å². The number of hydrogen-bond donors (Lipinski definition) is 1. The molecule has 0 aliphatic heterocycles. The van der Waals surface area contributed by atoms with Gasteiger partial charge in [0.2, 0.25) is 0 Å². The lowest BCUT2D eigenvalue weighted by Crippen LogP contribution is -2.14. The van der Waals surface area contributed by atoms with Crippen molar-refractivity contribution < 1.29 is 22.3 Å². The van der Waals surface area contributed by atoms with Gasteiger partial charge in [-0.1, -0.05) is 18.2 Å². The van der Waals surface area contributed by atoms with E-state index in [1.807, 2.05) is 29.6 Å². The Balaban J connectivity index is 1.08. The third-order valence-electron chi connectivity index (χ3n) is 6.73. The van der Waals surface area contributed by atoms with Crippen molar-refractivity contribution in [1.82, 2.24) is 24.9 Å². The Labute approximate surface area is 276 Å². The number of pyridine rings is 2. The van der Waals surface area contributed by atoms with Crippen LogP contribution in [-0.2, 0) is 27.6 Å². The van der Waals surface area contributed by atoms with Gasteiger partial charge in [0.1, 0.15) is 30.3 Å². The Kier molecular flexibility index (Phi) is 9.88. The summed E-state index contributed by atoms with van der Waals surface area (Å²) < 4.78 is 50.4. The maximum atomic E-state index is 13.5. The fourth-order valence-corrected chi connectivity index (χ4v) is 6.75. The number of sulfone groups is 1. The molecule has 0 bridgehead atoms. The van der Waals surface area contributed by atoms with E-state index >= 15 is 0 Å². The summed E-state index contributed by atoms with van der Waals surface area (Å²) in [4.78, 5) is 22.0. The van der Waals surface area contributed by atoms with Gasteiger partial charge in [-0.2, -0.15) is 0 Å². The molecule has 0 spiro atoms. The van der Waals surface area contributed by atoms with Crippen LogP contribution in [0, 0.1) is 5.82 Å². The molecule has 4 aromatic heterocycles. The van der Waals surface area contributed by atoms with E-state index in [1.54, 1.807) is 30.5 Å². The van der Waals surface area contributed by atoms with Crippen molar-refractivity contribution >= 4 is 59.5 Å². The number of anilines is 2. The molecule has 2 aromatic carbocycles. The number of halogens is 2. The molecule has 4 heterocycles. The van der Waals surface area contributed by atoms with Crippen LogP contribution in [0.3, 0.4) is 0 Å². The first-order valence-electron chi connectivity index (χ1n) is 14.0. The van der Waals surface area contributed by atoms with E-state index in [0.29, 0.717) is 41.5 Å². The van der Waals surface area contributed by atoms with Crippen LogP contribution < -0.4 is 10.1 Å². The van der Waals surface area contributed by atoms with Crippen LogP contribution in [0.2, 0.25) is 0 Å². The first-order valence-corrected chi connectivity index (χ1v) is 17.4. The van der Waals surface area contributed by atoms with Crippen LogP contribution in [0.5, 0.6) is 5.75 Å². The van der Waals surface area contributed by atoms with Crippen LogP contribution in [0.4, 0.5) is 15.9 Å². The summed E-state index contributed by atoms with van der Waals surface area (Å²) in [5, 5.41) is 6.92. The van der Waals surface area contributed by atoms with Gasteiger partial charge in [0, 0.05) is 29.1 Å². The molecular weight excluding hydrogens is 695 g/mol. The Morgan fingerprint density at radius 2 is 1.85 bits per heavy atom. The number of nitrogens with zero attached hydrogens (tertiary/aromatic N) is 5. The minimum atomic E-state index is -3.49. The molecule has 0 fully saturated rings. The maximum absolute atomic E-state index is 13.5. The van der Waals surface area contributed by atoms with Gasteiger partial charge in [0.05, 0.1) is 51.5 Å². The summed E-state index contributed by atoms with van der Waals surface area (Å²) in [6, 6.07) is 18.5. The van der Waals surface area contributed by atoms with Crippen LogP contribution in [-0.4, -0.2) is 52.3 Å². The Morgan fingerprint density at radius 3 is 2.67 bits per heavy atom. The average Bonchev–Trinajstić information content (AvgIpc) is 3.54. The van der Waals surface area contributed by atoms with Gasteiger partial charge in [-0.05, 0) is 70.0 Å². The maximum Gasteiger partial charge on any atom is 0.197 e. The highest BCUT2D eigenvalue weighted by molar-refractivity contribution is 9.10. The van der Waals surface area contributed by atoms with Crippen LogP contribution in [0.15, 0.2) is 100 Å². The summed E-state index contributed by atoms with van der Waals surface area (Å²) in [6.45, 7) is 0.639. The van der Waals surface area contributed by atoms with Gasteiger partial charge in [0.25, 0.3) is 0 Å². The monoisotopic (exact) mass is 720 g/mol. The van der Waals surface area contributed by atoms with Gasteiger partial charge in [0.15, 0.2) is 14.9 Å². The smallest absolute Gasteiger partial charge is 0.197 e. The minimum Gasteiger partial charge on any atom is -0.488 e. The zero-order valence-electron chi connectivity index (χ0n) is 24.1. The number of ether oxygens (including phenoxy) is 2. The van der Waals surface area contributed by atoms with Crippen LogP contribution >= 0.6 is 27.3 Å². The number of thiazole rings is 1. The Hall–Kier alpha value is -4.37. The second kappa shape index (κ2) is 14.4. The second-order valence-electron chi connectivity index (χ2n) is 9.97. The average molecular weight is 722 g/mol. The molecule has 0 aliphatic carbocycles. The van der Waals surface area contributed by atoms with E-state index in [0.717, 1.165) is 26.1 Å². The Bertz CT molecular complexity index is 2080. The molecule has 0 aliphatic rings. The van der Waals surface area contributed by atoms with Crippen molar-refractivity contribution in [3.05, 3.63) is 112 Å². The predicted molar refractivity (Wildman–Crippen MR) is 177 cm³/mol. The molecule has 46 heavy (non-hydrogen) atoms. The molecular formula is C32H26BrFN6O4S2. The molecule has 0 saturated heterocycles. The van der Waals surface area contributed by atoms with E-state index in [1.165, 1.54) is 42.1 Å². The minimum absolute atomic E-state index is 0.0457. The molecule has 0 unspecified atom stereocenters. The zero-order valence-corrected chi connectivity index (χ0v) is 27.4. The van der Waals surface area contributed by atoms with Gasteiger partial charge >= 0.3 is 0 Å². The Morgan fingerprint density at radius 1 is 0.935 bits per heavy atom. The van der Waals surface area contributed by atoms with Crippen molar-refractivity contribution in [1.29, 1.82) is 0 Å². The zero-order chi connectivity index (χ0) is 31.9. The summed E-state index contributed by atoms with van der Waals surface area (Å²) in [5.41, 5.74) is 3.54. The predicted octanol–water partition coefficient (Wildman–Crippen LogP) is 6.80. The summed E-state index contributed by atoms with van der Waals surface area (Å²) >= 11 is 5.04.